The average molecular weight is 542 g/mol. The molecule has 1 aliphatic heterocycles. The van der Waals surface area contributed by atoms with Crippen LogP contribution in [0.2, 0.25) is 0 Å². The van der Waals surface area contributed by atoms with Gasteiger partial charge in [-0.1, -0.05) is 72.8 Å². The summed E-state index contributed by atoms with van der Waals surface area (Å²) < 4.78 is 49.7. The second-order valence-electron chi connectivity index (χ2n) is 8.86. The first-order chi connectivity index (χ1) is 18.7. The van der Waals surface area contributed by atoms with Crippen molar-refractivity contribution >= 4 is 17.9 Å². The molecule has 39 heavy (non-hydrogen) atoms. The highest BCUT2D eigenvalue weighted by molar-refractivity contribution is 5.91. The topological polar surface area (TPSA) is 96.7 Å². The molecular weight excluding hydrogens is 515 g/mol. The van der Waals surface area contributed by atoms with Gasteiger partial charge in [-0.05, 0) is 28.8 Å². The van der Waals surface area contributed by atoms with Gasteiger partial charge in [-0.2, -0.15) is 13.2 Å². The second-order valence-corrected chi connectivity index (χ2v) is 8.86. The van der Waals surface area contributed by atoms with Crippen molar-refractivity contribution in [3.05, 3.63) is 102 Å². The Labute approximate surface area is 222 Å². The predicted molar refractivity (Wildman–Crippen MR) is 134 cm³/mol. The summed E-state index contributed by atoms with van der Waals surface area (Å²) >= 11 is 0. The number of benzene rings is 3. The van der Waals surface area contributed by atoms with Crippen LogP contribution >= 0.6 is 0 Å². The van der Waals surface area contributed by atoms with Gasteiger partial charge in [0.25, 0.3) is 0 Å². The van der Waals surface area contributed by atoms with Crippen molar-refractivity contribution in [1.82, 2.24) is 15.5 Å². The van der Waals surface area contributed by atoms with E-state index in [-0.39, 0.29) is 19.6 Å². The van der Waals surface area contributed by atoms with Crippen LogP contribution in [0.3, 0.4) is 0 Å². The molecule has 11 heteroatoms. The molecule has 1 saturated heterocycles. The maximum atomic E-state index is 13.0. The van der Waals surface area contributed by atoms with Crippen LogP contribution in [0.25, 0.3) is 0 Å². The predicted octanol–water partition coefficient (Wildman–Crippen LogP) is 3.95. The first-order valence-corrected chi connectivity index (χ1v) is 12.1. The monoisotopic (exact) mass is 541 g/mol. The molecule has 0 bridgehead atoms. The first kappa shape index (κ1) is 27.5. The lowest BCUT2D eigenvalue weighted by molar-refractivity contribution is -0.175. The molecule has 3 amide bonds. The molecule has 1 unspecified atom stereocenters. The van der Waals surface area contributed by atoms with Gasteiger partial charge in [0.15, 0.2) is 0 Å². The van der Waals surface area contributed by atoms with Gasteiger partial charge in [-0.25, -0.2) is 4.79 Å². The van der Waals surface area contributed by atoms with Gasteiger partial charge in [0.1, 0.15) is 31.2 Å². The van der Waals surface area contributed by atoms with Crippen LogP contribution in [0.4, 0.5) is 18.0 Å². The fourth-order valence-corrected chi connectivity index (χ4v) is 3.75. The Kier molecular flexibility index (Phi) is 8.70. The molecule has 1 fully saturated rings. The quantitative estimate of drug-likeness (QED) is 0.379. The van der Waals surface area contributed by atoms with Crippen molar-refractivity contribution in [3.8, 4) is 5.75 Å². The second kappa shape index (κ2) is 12.3. The van der Waals surface area contributed by atoms with Crippen molar-refractivity contribution in [1.29, 1.82) is 0 Å². The Balaban J connectivity index is 1.34. The number of hydrogen-bond acceptors (Lipinski definition) is 5. The number of carbonyl (C=O) groups is 3. The minimum atomic E-state index is -5.16. The summed E-state index contributed by atoms with van der Waals surface area (Å²) in [7, 11) is 0. The van der Waals surface area contributed by atoms with E-state index in [1.807, 2.05) is 36.4 Å². The highest BCUT2D eigenvalue weighted by Gasteiger charge is 2.46. The summed E-state index contributed by atoms with van der Waals surface area (Å²) in [5, 5.41) is 4.26. The number of amides is 3. The molecule has 4 rings (SSSR count). The zero-order valence-electron chi connectivity index (χ0n) is 20.7. The van der Waals surface area contributed by atoms with E-state index in [1.165, 1.54) is 0 Å². The first-order valence-electron chi connectivity index (χ1n) is 12.1. The van der Waals surface area contributed by atoms with E-state index in [2.05, 4.69) is 5.32 Å². The van der Waals surface area contributed by atoms with Crippen LogP contribution in [-0.4, -0.2) is 47.7 Å². The maximum Gasteiger partial charge on any atom is 0.471 e. The van der Waals surface area contributed by atoms with E-state index in [9.17, 15) is 27.6 Å². The maximum absolute atomic E-state index is 13.0. The van der Waals surface area contributed by atoms with Gasteiger partial charge in [-0.3, -0.25) is 14.9 Å². The van der Waals surface area contributed by atoms with Crippen molar-refractivity contribution in [2.45, 2.75) is 38.0 Å². The Bertz CT molecular complexity index is 1270. The molecule has 3 aromatic rings. The van der Waals surface area contributed by atoms with Crippen molar-refractivity contribution in [2.75, 3.05) is 6.54 Å². The summed E-state index contributed by atoms with van der Waals surface area (Å²) in [6.45, 7) is 0.423. The van der Waals surface area contributed by atoms with E-state index in [0.29, 0.717) is 17.9 Å². The van der Waals surface area contributed by atoms with E-state index < -0.39 is 36.3 Å². The third kappa shape index (κ3) is 8.22. The normalized spacial score (nSPS) is 15.2. The van der Waals surface area contributed by atoms with Crippen molar-refractivity contribution in [2.24, 2.45) is 0 Å². The zero-order chi connectivity index (χ0) is 27.8. The van der Waals surface area contributed by atoms with Crippen LogP contribution in [0.15, 0.2) is 84.9 Å². The summed E-state index contributed by atoms with van der Waals surface area (Å²) in [4.78, 5) is 37.9. The largest absolute Gasteiger partial charge is 0.489 e. The summed E-state index contributed by atoms with van der Waals surface area (Å²) in [6, 6.07) is 23.4. The fraction of sp³-hybridized carbons (Fsp3) is 0.250. The minimum absolute atomic E-state index is 0.0165. The van der Waals surface area contributed by atoms with Gasteiger partial charge in [0.2, 0.25) is 5.91 Å². The molecule has 8 nitrogen and oxygen atoms in total. The molecule has 1 aliphatic rings. The number of carbonyl (C=O) groups excluding carboxylic acids is 3. The summed E-state index contributed by atoms with van der Waals surface area (Å²) in [6.07, 6.45) is -6.88. The zero-order valence-corrected chi connectivity index (χ0v) is 20.7. The SMILES string of the molecule is O=C(NC1CN1C(=O)[C@H](Cc1ccc(OCc2ccccc2)cc1)NC(=O)C(F)(F)F)OCc1ccccc1. The Morgan fingerprint density at radius 1 is 0.846 bits per heavy atom. The Morgan fingerprint density at radius 2 is 1.44 bits per heavy atom. The van der Waals surface area contributed by atoms with Gasteiger partial charge < -0.3 is 19.7 Å². The highest BCUT2D eigenvalue weighted by Crippen LogP contribution is 2.22. The summed E-state index contributed by atoms with van der Waals surface area (Å²) in [5.41, 5.74) is 2.24. The lowest BCUT2D eigenvalue weighted by Crippen LogP contribution is -2.50. The van der Waals surface area contributed by atoms with Crippen LogP contribution in [0, 0.1) is 0 Å². The molecule has 204 valence electrons. The number of hydrogen-bond donors (Lipinski definition) is 2. The third-order valence-electron chi connectivity index (χ3n) is 5.86. The number of nitrogens with one attached hydrogen (secondary N) is 2. The number of ether oxygens (including phenoxy) is 2. The molecule has 3 aromatic carbocycles. The van der Waals surface area contributed by atoms with E-state index >= 15 is 0 Å². The molecule has 0 saturated carbocycles. The van der Waals surface area contributed by atoms with E-state index in [0.717, 1.165) is 16.0 Å². The van der Waals surface area contributed by atoms with Crippen LogP contribution in [0.5, 0.6) is 5.75 Å². The van der Waals surface area contributed by atoms with Gasteiger partial charge in [0.05, 0.1) is 6.54 Å². The van der Waals surface area contributed by atoms with Crippen LogP contribution < -0.4 is 15.4 Å². The third-order valence-corrected chi connectivity index (χ3v) is 5.86. The number of alkyl carbamates (subject to hydrolysis) is 1. The van der Waals surface area contributed by atoms with Crippen LogP contribution in [-0.2, 0) is 34.0 Å². The lowest BCUT2D eigenvalue weighted by Gasteiger charge is -2.20. The molecule has 2 N–H and O–H groups in total. The Morgan fingerprint density at radius 3 is 2.03 bits per heavy atom. The summed E-state index contributed by atoms with van der Waals surface area (Å²) in [5.74, 6) is -2.45. The molecular formula is C28H26F3N3O5. The number of halogens is 3. The van der Waals surface area contributed by atoms with E-state index in [1.54, 1.807) is 53.8 Å². The van der Waals surface area contributed by atoms with Crippen molar-refractivity contribution in [3.63, 3.8) is 0 Å². The number of rotatable bonds is 10. The molecule has 0 aromatic heterocycles. The van der Waals surface area contributed by atoms with Crippen LogP contribution in [0.1, 0.15) is 16.7 Å². The standard InChI is InChI=1S/C28H26F3N3O5/c29-28(30,31)26(36)32-23(15-19-11-13-22(14-12-19)38-17-20-7-3-1-4-8-20)25(35)34-16-24(34)33-27(37)39-18-21-9-5-2-6-10-21/h1-14,23-24H,15-18H2,(H,32,36)(H,33,37)/t23-,24?,34?/m0/s1. The van der Waals surface area contributed by atoms with Gasteiger partial charge >= 0.3 is 18.2 Å². The number of nitrogens with zero attached hydrogens (tertiary/aromatic N) is 1. The van der Waals surface area contributed by atoms with Crippen molar-refractivity contribution < 1.29 is 37.0 Å². The molecule has 0 spiro atoms. The molecule has 1 heterocycles. The lowest BCUT2D eigenvalue weighted by atomic mass is 10.0. The highest BCUT2D eigenvalue weighted by atomic mass is 19.4. The fourth-order valence-electron chi connectivity index (χ4n) is 3.75. The minimum Gasteiger partial charge on any atom is -0.489 e. The number of alkyl halides is 3. The van der Waals surface area contributed by atoms with Gasteiger partial charge in [0, 0.05) is 6.42 Å². The Hall–Kier alpha value is -4.54. The molecule has 0 aliphatic carbocycles. The molecule has 0 radical (unpaired) electrons. The van der Waals surface area contributed by atoms with Gasteiger partial charge in [-0.15, -0.1) is 0 Å². The molecule has 2 atom stereocenters. The van der Waals surface area contributed by atoms with E-state index in [4.69, 9.17) is 9.47 Å². The smallest absolute Gasteiger partial charge is 0.471 e. The average Bonchev–Trinajstić information content (AvgIpc) is 3.70.